The SMILES string of the molecule is CCn1c(-c2cccnc2C(C)C)c2c3cc(ccc31)-c1csc(n1)C[C@H](NC(=O)[C@@H](NC)C(C)C)C(=O)N1CCC[C@H](N1)C(=O)OCC(C)(C)C2. The van der Waals surface area contributed by atoms with Crippen LogP contribution in [0.5, 0.6) is 0 Å². The molecule has 4 aromatic rings. The molecule has 2 aliphatic rings. The van der Waals surface area contributed by atoms with Crippen molar-refractivity contribution in [1.82, 2.24) is 35.6 Å². The van der Waals surface area contributed by atoms with Crippen LogP contribution in [0.15, 0.2) is 41.9 Å². The van der Waals surface area contributed by atoms with E-state index in [1.54, 1.807) is 7.05 Å². The standard InChI is InChI=1S/C40H53N7O4S/c1-9-46-32-15-14-25-18-27(32)28(36(46)26-12-10-16-42-34(26)23(2)3)20-40(6,7)22-51-39(50)29-13-11-17-47(45-29)38(49)30(19-33-43-31(25)21-52-33)44-37(48)35(41-8)24(4)5/h10,12,14-16,18,21,23-24,29-30,35,41,45H,9,11,13,17,19-20,22H2,1-8H3,(H,44,48)/t29-,30-,35-/m0/s1. The zero-order chi connectivity index (χ0) is 37.3. The second kappa shape index (κ2) is 15.5. The second-order valence-electron chi connectivity index (χ2n) is 15.6. The summed E-state index contributed by atoms with van der Waals surface area (Å²) in [6.45, 7) is 16.1. The van der Waals surface area contributed by atoms with Crippen molar-refractivity contribution in [3.63, 3.8) is 0 Å². The van der Waals surface area contributed by atoms with E-state index in [1.165, 1.54) is 21.9 Å². The van der Waals surface area contributed by atoms with Gasteiger partial charge in [0.15, 0.2) is 0 Å². The number of aryl methyl sites for hydroxylation is 1. The molecule has 0 aliphatic carbocycles. The van der Waals surface area contributed by atoms with Crippen molar-refractivity contribution in [2.24, 2.45) is 11.3 Å². The molecule has 278 valence electrons. The number of nitrogens with one attached hydrogen (secondary N) is 3. The molecule has 1 aromatic carbocycles. The average Bonchev–Trinajstić information content (AvgIpc) is 3.71. The van der Waals surface area contributed by atoms with E-state index in [0.717, 1.165) is 50.7 Å². The first-order chi connectivity index (χ1) is 24.8. The highest BCUT2D eigenvalue weighted by atomic mass is 32.1. The molecule has 2 aliphatic heterocycles. The van der Waals surface area contributed by atoms with Crippen LogP contribution in [0, 0.1) is 11.3 Å². The van der Waals surface area contributed by atoms with E-state index in [-0.39, 0.29) is 42.6 Å². The lowest BCUT2D eigenvalue weighted by Gasteiger charge is -2.36. The molecule has 0 radical (unpaired) electrons. The zero-order valence-electron chi connectivity index (χ0n) is 31.7. The number of aromatic nitrogens is 3. The molecule has 1 saturated heterocycles. The number of esters is 1. The first kappa shape index (κ1) is 37.6. The molecular formula is C40H53N7O4S. The Morgan fingerprint density at radius 3 is 2.67 bits per heavy atom. The summed E-state index contributed by atoms with van der Waals surface area (Å²) >= 11 is 1.48. The monoisotopic (exact) mass is 727 g/mol. The maximum absolute atomic E-state index is 14.1. The molecule has 3 atom stereocenters. The summed E-state index contributed by atoms with van der Waals surface area (Å²) in [6, 6.07) is 8.64. The van der Waals surface area contributed by atoms with Crippen LogP contribution in [-0.2, 0) is 38.5 Å². The van der Waals surface area contributed by atoms with Gasteiger partial charge in [-0.25, -0.2) is 10.4 Å². The number of fused-ring (bicyclic) bond motifs is 6. The molecule has 6 rings (SSSR count). The Morgan fingerprint density at radius 1 is 1.17 bits per heavy atom. The van der Waals surface area contributed by atoms with Gasteiger partial charge in [-0.2, -0.15) is 0 Å². The van der Waals surface area contributed by atoms with Crippen molar-refractivity contribution < 1.29 is 19.1 Å². The van der Waals surface area contributed by atoms with Crippen molar-refractivity contribution in [2.75, 3.05) is 20.2 Å². The number of amides is 2. The highest BCUT2D eigenvalue weighted by molar-refractivity contribution is 7.10. The third-order valence-corrected chi connectivity index (χ3v) is 11.1. The minimum atomic E-state index is -0.883. The summed E-state index contributed by atoms with van der Waals surface area (Å²) in [6.07, 6.45) is 3.90. The number of ether oxygens (including phenoxy) is 1. The minimum Gasteiger partial charge on any atom is -0.464 e. The van der Waals surface area contributed by atoms with Gasteiger partial charge in [-0.3, -0.25) is 24.4 Å². The predicted octanol–water partition coefficient (Wildman–Crippen LogP) is 5.86. The van der Waals surface area contributed by atoms with Gasteiger partial charge < -0.3 is 19.9 Å². The number of benzene rings is 1. The van der Waals surface area contributed by atoms with Gasteiger partial charge in [0.05, 0.1) is 34.7 Å². The van der Waals surface area contributed by atoms with Crippen molar-refractivity contribution in [1.29, 1.82) is 0 Å². The Morgan fingerprint density at radius 2 is 1.96 bits per heavy atom. The third kappa shape index (κ3) is 7.65. The molecule has 0 saturated carbocycles. The Bertz CT molecular complexity index is 1950. The summed E-state index contributed by atoms with van der Waals surface area (Å²) in [5.41, 5.74) is 10.1. The van der Waals surface area contributed by atoms with Crippen molar-refractivity contribution in [3.8, 4) is 22.5 Å². The Balaban J connectivity index is 1.49. The number of hydrazine groups is 1. The molecule has 2 amide bonds. The fourth-order valence-corrected chi connectivity index (χ4v) is 8.47. The normalized spacial score (nSPS) is 20.2. The molecule has 12 heteroatoms. The molecule has 11 nitrogen and oxygen atoms in total. The lowest BCUT2D eigenvalue weighted by Crippen LogP contribution is -2.61. The first-order valence-corrected chi connectivity index (χ1v) is 19.5. The van der Waals surface area contributed by atoms with Crippen molar-refractivity contribution >= 4 is 40.0 Å². The van der Waals surface area contributed by atoms with E-state index < -0.39 is 23.5 Å². The number of carbonyl (C=O) groups is 3. The van der Waals surface area contributed by atoms with Gasteiger partial charge in [0.25, 0.3) is 5.91 Å². The van der Waals surface area contributed by atoms with Crippen LogP contribution in [-0.4, -0.2) is 75.7 Å². The first-order valence-electron chi connectivity index (χ1n) is 18.6. The number of nitrogens with zero attached hydrogens (tertiary/aromatic N) is 4. The Kier molecular flexibility index (Phi) is 11.2. The number of thiazole rings is 1. The molecule has 5 heterocycles. The van der Waals surface area contributed by atoms with E-state index in [1.807, 2.05) is 31.5 Å². The fourth-order valence-electron chi connectivity index (χ4n) is 7.62. The van der Waals surface area contributed by atoms with E-state index in [4.69, 9.17) is 14.7 Å². The largest absolute Gasteiger partial charge is 0.464 e. The van der Waals surface area contributed by atoms with Crippen LogP contribution in [0.4, 0.5) is 0 Å². The van der Waals surface area contributed by atoms with Crippen LogP contribution in [0.1, 0.15) is 83.5 Å². The van der Waals surface area contributed by atoms with Gasteiger partial charge in [-0.05, 0) is 74.9 Å². The molecule has 3 N–H and O–H groups in total. The van der Waals surface area contributed by atoms with Crippen molar-refractivity contribution in [2.45, 2.75) is 105 Å². The lowest BCUT2D eigenvalue weighted by atomic mass is 9.84. The van der Waals surface area contributed by atoms with Crippen molar-refractivity contribution in [3.05, 3.63) is 58.2 Å². The molecule has 0 spiro atoms. The zero-order valence-corrected chi connectivity index (χ0v) is 32.5. The van der Waals surface area contributed by atoms with Gasteiger partial charge in [-0.15, -0.1) is 11.3 Å². The molecule has 6 bridgehead atoms. The third-order valence-electron chi connectivity index (χ3n) is 10.2. The minimum absolute atomic E-state index is 0.0142. The average molecular weight is 728 g/mol. The Hall–Kier alpha value is -4.13. The summed E-state index contributed by atoms with van der Waals surface area (Å²) in [5, 5.41) is 11.5. The second-order valence-corrected chi connectivity index (χ2v) is 16.5. The van der Waals surface area contributed by atoms with Gasteiger partial charge in [0.1, 0.15) is 12.1 Å². The van der Waals surface area contributed by atoms with Gasteiger partial charge in [-0.1, -0.05) is 47.6 Å². The maximum atomic E-state index is 14.1. The van der Waals surface area contributed by atoms with Gasteiger partial charge >= 0.3 is 5.97 Å². The van der Waals surface area contributed by atoms with Gasteiger partial charge in [0, 0.05) is 58.5 Å². The number of hydrogen-bond acceptors (Lipinski definition) is 9. The number of carbonyl (C=O) groups excluding carboxylic acids is 3. The van der Waals surface area contributed by atoms with Crippen LogP contribution >= 0.6 is 11.3 Å². The molecule has 52 heavy (non-hydrogen) atoms. The molecular weight excluding hydrogens is 675 g/mol. The molecule has 3 aromatic heterocycles. The number of cyclic esters (lactones) is 1. The van der Waals surface area contributed by atoms with Crippen LogP contribution in [0.3, 0.4) is 0 Å². The number of likely N-dealkylation sites (N-methyl/N-ethyl adjacent to an activating group) is 1. The smallest absolute Gasteiger partial charge is 0.324 e. The number of hydrogen-bond donors (Lipinski definition) is 3. The van der Waals surface area contributed by atoms with Crippen LogP contribution < -0.4 is 16.1 Å². The summed E-state index contributed by atoms with van der Waals surface area (Å²) in [5.74, 6) is -0.715. The van der Waals surface area contributed by atoms with Crippen LogP contribution in [0.2, 0.25) is 0 Å². The topological polar surface area (TPSA) is 130 Å². The predicted molar refractivity (Wildman–Crippen MR) is 206 cm³/mol. The lowest BCUT2D eigenvalue weighted by molar-refractivity contribution is -0.155. The molecule has 0 unspecified atom stereocenters. The summed E-state index contributed by atoms with van der Waals surface area (Å²) < 4.78 is 8.43. The Labute approximate surface area is 310 Å². The quantitative estimate of drug-likeness (QED) is 0.202. The van der Waals surface area contributed by atoms with Crippen LogP contribution in [0.25, 0.3) is 33.4 Å². The maximum Gasteiger partial charge on any atom is 0.324 e. The van der Waals surface area contributed by atoms with E-state index in [0.29, 0.717) is 25.8 Å². The van der Waals surface area contributed by atoms with E-state index in [9.17, 15) is 14.4 Å². The van der Waals surface area contributed by atoms with E-state index >= 15 is 0 Å². The molecule has 1 fully saturated rings. The van der Waals surface area contributed by atoms with Gasteiger partial charge in [0.2, 0.25) is 5.91 Å². The number of pyridine rings is 1. The highest BCUT2D eigenvalue weighted by Crippen LogP contribution is 2.41. The summed E-state index contributed by atoms with van der Waals surface area (Å²) in [7, 11) is 1.74. The van der Waals surface area contributed by atoms with E-state index in [2.05, 4.69) is 79.5 Å². The number of rotatable bonds is 7. The summed E-state index contributed by atoms with van der Waals surface area (Å²) in [4.78, 5) is 51.1. The fraction of sp³-hybridized carbons (Fsp3) is 0.525. The highest BCUT2D eigenvalue weighted by Gasteiger charge is 2.36.